The van der Waals surface area contributed by atoms with Crippen LogP contribution in [-0.2, 0) is 4.79 Å². The summed E-state index contributed by atoms with van der Waals surface area (Å²) in [6.45, 7) is 0. The average Bonchev–Trinajstić information content (AvgIpc) is 2.71. The summed E-state index contributed by atoms with van der Waals surface area (Å²) in [6, 6.07) is 13.4. The number of hydrogen-bond donors (Lipinski definition) is 0. The number of hydrogen-bond acceptors (Lipinski definition) is 4. The van der Waals surface area contributed by atoms with Crippen molar-refractivity contribution in [3.8, 4) is 17.2 Å². The molecular formula is C23H24O4. The molecule has 140 valence electrons. The van der Waals surface area contributed by atoms with Crippen LogP contribution >= 0.6 is 0 Å². The second-order valence-electron chi connectivity index (χ2n) is 6.44. The summed E-state index contributed by atoms with van der Waals surface area (Å²) >= 11 is 0. The Hall–Kier alpha value is -3.01. The van der Waals surface area contributed by atoms with Crippen molar-refractivity contribution in [1.82, 2.24) is 0 Å². The third-order valence-corrected chi connectivity index (χ3v) is 4.65. The highest BCUT2D eigenvalue weighted by atomic mass is 16.5. The number of rotatable bonds is 5. The van der Waals surface area contributed by atoms with Gasteiger partial charge in [-0.25, -0.2) is 0 Å². The smallest absolute Gasteiger partial charge is 0.185 e. The molecule has 0 amide bonds. The van der Waals surface area contributed by atoms with Gasteiger partial charge in [-0.3, -0.25) is 4.79 Å². The lowest BCUT2D eigenvalue weighted by molar-refractivity contribution is -0.112. The van der Waals surface area contributed by atoms with Crippen LogP contribution in [0.2, 0.25) is 0 Å². The molecule has 1 fully saturated rings. The van der Waals surface area contributed by atoms with Crippen molar-refractivity contribution in [2.75, 3.05) is 21.3 Å². The molecule has 0 aliphatic heterocycles. The third-order valence-electron chi connectivity index (χ3n) is 4.65. The molecule has 0 bridgehead atoms. The molecular weight excluding hydrogens is 340 g/mol. The quantitative estimate of drug-likeness (QED) is 0.706. The molecule has 1 aliphatic rings. The lowest BCUT2D eigenvalue weighted by Gasteiger charge is -2.17. The van der Waals surface area contributed by atoms with Crippen molar-refractivity contribution < 1.29 is 19.0 Å². The minimum Gasteiger partial charge on any atom is -0.497 e. The average molecular weight is 364 g/mol. The van der Waals surface area contributed by atoms with Gasteiger partial charge in [0.05, 0.1) is 21.3 Å². The van der Waals surface area contributed by atoms with Crippen molar-refractivity contribution in [2.24, 2.45) is 0 Å². The molecule has 0 N–H and O–H groups in total. The zero-order chi connectivity index (χ0) is 19.2. The van der Waals surface area contributed by atoms with Crippen molar-refractivity contribution in [2.45, 2.75) is 19.3 Å². The fraction of sp³-hybridized carbons (Fsp3) is 0.261. The van der Waals surface area contributed by atoms with Gasteiger partial charge in [0.2, 0.25) is 0 Å². The van der Waals surface area contributed by atoms with Gasteiger partial charge in [-0.1, -0.05) is 12.1 Å². The van der Waals surface area contributed by atoms with E-state index in [1.54, 1.807) is 21.3 Å². The number of benzene rings is 2. The van der Waals surface area contributed by atoms with Gasteiger partial charge in [0.25, 0.3) is 0 Å². The molecule has 27 heavy (non-hydrogen) atoms. The first kappa shape index (κ1) is 18.8. The molecule has 0 aromatic heterocycles. The number of ether oxygens (including phenoxy) is 3. The maximum atomic E-state index is 12.9. The van der Waals surface area contributed by atoms with E-state index in [1.807, 2.05) is 54.6 Å². The summed E-state index contributed by atoms with van der Waals surface area (Å²) in [6.07, 6.45) is 6.44. The summed E-state index contributed by atoms with van der Waals surface area (Å²) in [5.74, 6) is 2.33. The van der Waals surface area contributed by atoms with E-state index >= 15 is 0 Å². The molecule has 3 rings (SSSR count). The van der Waals surface area contributed by atoms with Crippen molar-refractivity contribution in [3.05, 3.63) is 64.7 Å². The monoisotopic (exact) mass is 364 g/mol. The van der Waals surface area contributed by atoms with Crippen LogP contribution < -0.4 is 14.2 Å². The van der Waals surface area contributed by atoms with E-state index < -0.39 is 0 Å². The lowest BCUT2D eigenvalue weighted by atomic mass is 9.87. The van der Waals surface area contributed by atoms with Gasteiger partial charge in [-0.05, 0) is 66.8 Å². The van der Waals surface area contributed by atoms with Gasteiger partial charge in [-0.15, -0.1) is 0 Å². The Labute approximate surface area is 160 Å². The predicted octanol–water partition coefficient (Wildman–Crippen LogP) is 4.93. The first-order chi connectivity index (χ1) is 13.1. The zero-order valence-electron chi connectivity index (χ0n) is 16.0. The Bertz CT molecular complexity index is 854. The van der Waals surface area contributed by atoms with Crippen LogP contribution in [0, 0.1) is 0 Å². The summed E-state index contributed by atoms with van der Waals surface area (Å²) < 4.78 is 15.8. The van der Waals surface area contributed by atoms with E-state index in [1.165, 1.54) is 0 Å². The fourth-order valence-electron chi connectivity index (χ4n) is 3.19. The largest absolute Gasteiger partial charge is 0.497 e. The number of carbonyl (C=O) groups is 1. The molecule has 0 spiro atoms. The van der Waals surface area contributed by atoms with Crippen LogP contribution in [0.4, 0.5) is 0 Å². The van der Waals surface area contributed by atoms with Crippen LogP contribution in [0.25, 0.3) is 12.2 Å². The molecule has 2 aromatic rings. The van der Waals surface area contributed by atoms with Gasteiger partial charge >= 0.3 is 0 Å². The Balaban J connectivity index is 1.88. The first-order valence-corrected chi connectivity index (χ1v) is 8.96. The summed E-state index contributed by atoms with van der Waals surface area (Å²) in [5, 5.41) is 0. The standard InChI is InChI=1S/C23H24O4/c1-25-20-9-7-16(8-10-20)11-18-5-4-6-19(23(18)24)12-17-13-21(26-2)15-22(14-17)27-3/h7-15H,4-6H2,1-3H3. The second-order valence-corrected chi connectivity index (χ2v) is 6.44. The van der Waals surface area contributed by atoms with Gasteiger partial charge in [0.1, 0.15) is 17.2 Å². The van der Waals surface area contributed by atoms with Crippen LogP contribution in [0.15, 0.2) is 53.6 Å². The Morgan fingerprint density at radius 2 is 1.22 bits per heavy atom. The topological polar surface area (TPSA) is 44.8 Å². The number of carbonyl (C=O) groups excluding carboxylic acids is 1. The van der Waals surface area contributed by atoms with Crippen molar-refractivity contribution in [3.63, 3.8) is 0 Å². The number of methoxy groups -OCH3 is 3. The molecule has 0 heterocycles. The highest BCUT2D eigenvalue weighted by Gasteiger charge is 2.20. The molecule has 2 aromatic carbocycles. The maximum Gasteiger partial charge on any atom is 0.185 e. The minimum absolute atomic E-state index is 0.110. The predicted molar refractivity (Wildman–Crippen MR) is 107 cm³/mol. The van der Waals surface area contributed by atoms with Crippen LogP contribution in [0.5, 0.6) is 17.2 Å². The molecule has 0 unspecified atom stereocenters. The maximum absolute atomic E-state index is 12.9. The third kappa shape index (κ3) is 4.59. The van der Waals surface area contributed by atoms with Gasteiger partial charge in [-0.2, -0.15) is 0 Å². The Morgan fingerprint density at radius 3 is 1.74 bits per heavy atom. The van der Waals surface area contributed by atoms with E-state index in [0.717, 1.165) is 47.3 Å². The SMILES string of the molecule is COc1ccc(C=C2CCCC(=Cc3cc(OC)cc(OC)c3)C2=O)cc1. The molecule has 4 heteroatoms. The van der Waals surface area contributed by atoms with Gasteiger partial charge in [0.15, 0.2) is 5.78 Å². The highest BCUT2D eigenvalue weighted by molar-refractivity contribution is 6.14. The Kier molecular flexibility index (Phi) is 5.97. The molecule has 0 radical (unpaired) electrons. The second kappa shape index (κ2) is 8.58. The molecule has 1 aliphatic carbocycles. The van der Waals surface area contributed by atoms with Crippen LogP contribution in [0.1, 0.15) is 30.4 Å². The van der Waals surface area contributed by atoms with Gasteiger partial charge < -0.3 is 14.2 Å². The number of ketones is 1. The highest BCUT2D eigenvalue weighted by Crippen LogP contribution is 2.30. The van der Waals surface area contributed by atoms with Crippen LogP contribution in [-0.4, -0.2) is 27.1 Å². The summed E-state index contributed by atoms with van der Waals surface area (Å²) in [7, 11) is 4.88. The normalized spacial score (nSPS) is 17.2. The summed E-state index contributed by atoms with van der Waals surface area (Å²) in [5.41, 5.74) is 3.56. The molecule has 1 saturated carbocycles. The zero-order valence-corrected chi connectivity index (χ0v) is 16.0. The van der Waals surface area contributed by atoms with E-state index in [-0.39, 0.29) is 5.78 Å². The number of Topliss-reactive ketones (excluding diaryl/α,β-unsaturated/α-hetero) is 1. The van der Waals surface area contributed by atoms with Crippen molar-refractivity contribution >= 4 is 17.9 Å². The minimum atomic E-state index is 0.110. The van der Waals surface area contributed by atoms with E-state index in [2.05, 4.69) is 0 Å². The van der Waals surface area contributed by atoms with E-state index in [4.69, 9.17) is 14.2 Å². The lowest BCUT2D eigenvalue weighted by Crippen LogP contribution is -2.12. The van der Waals surface area contributed by atoms with Gasteiger partial charge in [0, 0.05) is 17.2 Å². The van der Waals surface area contributed by atoms with E-state index in [0.29, 0.717) is 11.5 Å². The fourth-order valence-corrected chi connectivity index (χ4v) is 3.19. The van der Waals surface area contributed by atoms with Crippen molar-refractivity contribution in [1.29, 1.82) is 0 Å². The molecule has 4 nitrogen and oxygen atoms in total. The van der Waals surface area contributed by atoms with E-state index in [9.17, 15) is 4.79 Å². The summed E-state index contributed by atoms with van der Waals surface area (Å²) in [4.78, 5) is 12.9. The molecule has 0 saturated heterocycles. The Morgan fingerprint density at radius 1 is 0.704 bits per heavy atom. The first-order valence-electron chi connectivity index (χ1n) is 8.96. The molecule has 0 atom stereocenters. The van der Waals surface area contributed by atoms with Crippen LogP contribution in [0.3, 0.4) is 0 Å². The number of allylic oxidation sites excluding steroid dienone is 2.